The van der Waals surface area contributed by atoms with Gasteiger partial charge in [0.1, 0.15) is 5.75 Å². The summed E-state index contributed by atoms with van der Waals surface area (Å²) in [7, 11) is 1.63. The highest BCUT2D eigenvalue weighted by atomic mass is 32.1. The molecule has 8 heteroatoms. The van der Waals surface area contributed by atoms with Gasteiger partial charge in [-0.3, -0.25) is 15.2 Å². The van der Waals surface area contributed by atoms with E-state index in [1.54, 1.807) is 24.5 Å². The Kier molecular flexibility index (Phi) is 4.74. The summed E-state index contributed by atoms with van der Waals surface area (Å²) >= 11 is 2.95. The van der Waals surface area contributed by atoms with Crippen LogP contribution < -0.4 is 10.1 Å². The Balaban J connectivity index is 1.53. The number of benzene rings is 1. The fourth-order valence-electron chi connectivity index (χ4n) is 2.63. The second-order valence-electron chi connectivity index (χ2n) is 5.84. The molecule has 0 aliphatic carbocycles. The summed E-state index contributed by atoms with van der Waals surface area (Å²) in [5, 5.41) is 14.2. The molecular formula is C19H16N4O2S2. The first-order valence-corrected chi connectivity index (χ1v) is 9.91. The number of anilines is 1. The quantitative estimate of drug-likeness (QED) is 0.506. The van der Waals surface area contributed by atoms with Crippen LogP contribution in [0, 0.1) is 6.92 Å². The lowest BCUT2D eigenvalue weighted by atomic mass is 10.1. The molecule has 0 saturated carbocycles. The fraction of sp³-hybridized carbons (Fsp3) is 0.105. The molecule has 4 rings (SSSR count). The molecule has 136 valence electrons. The van der Waals surface area contributed by atoms with Crippen LogP contribution in [0.4, 0.5) is 5.13 Å². The number of methoxy groups -OCH3 is 1. The minimum Gasteiger partial charge on any atom is -0.496 e. The molecule has 0 radical (unpaired) electrons. The Labute approximate surface area is 163 Å². The number of aromatic nitrogens is 3. The molecule has 3 heterocycles. The van der Waals surface area contributed by atoms with Gasteiger partial charge in [0.25, 0.3) is 5.91 Å². The normalized spacial score (nSPS) is 10.7. The van der Waals surface area contributed by atoms with E-state index in [-0.39, 0.29) is 5.91 Å². The molecule has 2 N–H and O–H groups in total. The summed E-state index contributed by atoms with van der Waals surface area (Å²) in [5.41, 5.74) is 3.91. The maximum Gasteiger partial charge on any atom is 0.277 e. The smallest absolute Gasteiger partial charge is 0.277 e. The lowest BCUT2D eigenvalue weighted by molar-refractivity contribution is 0.102. The zero-order chi connectivity index (χ0) is 18.8. The van der Waals surface area contributed by atoms with Crippen molar-refractivity contribution in [3.63, 3.8) is 0 Å². The number of thiophene rings is 1. The first-order valence-electron chi connectivity index (χ1n) is 8.15. The van der Waals surface area contributed by atoms with Gasteiger partial charge in [-0.05, 0) is 36.6 Å². The largest absolute Gasteiger partial charge is 0.496 e. The van der Waals surface area contributed by atoms with Gasteiger partial charge in [0, 0.05) is 10.9 Å². The zero-order valence-corrected chi connectivity index (χ0v) is 16.3. The van der Waals surface area contributed by atoms with Gasteiger partial charge in [0.15, 0.2) is 10.8 Å². The third kappa shape index (κ3) is 3.62. The number of aryl methyl sites for hydroxylation is 1. The van der Waals surface area contributed by atoms with Crippen molar-refractivity contribution < 1.29 is 9.53 Å². The number of ether oxygens (including phenoxy) is 1. The molecule has 0 aliphatic heterocycles. The fourth-order valence-corrected chi connectivity index (χ4v) is 4.03. The molecule has 0 spiro atoms. The van der Waals surface area contributed by atoms with Crippen molar-refractivity contribution in [1.29, 1.82) is 0 Å². The summed E-state index contributed by atoms with van der Waals surface area (Å²) in [5.74, 6) is 0.447. The van der Waals surface area contributed by atoms with Crippen LogP contribution in [0.25, 0.3) is 21.8 Å². The molecule has 27 heavy (non-hydrogen) atoms. The van der Waals surface area contributed by atoms with E-state index in [0.29, 0.717) is 10.8 Å². The third-order valence-electron chi connectivity index (χ3n) is 3.95. The minimum atomic E-state index is -0.300. The van der Waals surface area contributed by atoms with Gasteiger partial charge in [-0.2, -0.15) is 5.10 Å². The van der Waals surface area contributed by atoms with E-state index in [2.05, 4.69) is 20.5 Å². The number of hydrogen-bond donors (Lipinski definition) is 2. The lowest BCUT2D eigenvalue weighted by Gasteiger charge is -2.07. The number of H-pyrrole nitrogens is 1. The van der Waals surface area contributed by atoms with E-state index < -0.39 is 0 Å². The molecule has 1 amide bonds. The van der Waals surface area contributed by atoms with Gasteiger partial charge in [-0.1, -0.05) is 17.7 Å². The number of amides is 1. The Morgan fingerprint density at radius 3 is 2.89 bits per heavy atom. The first kappa shape index (κ1) is 17.4. The highest BCUT2D eigenvalue weighted by Crippen LogP contribution is 2.33. The number of nitrogens with one attached hydrogen (secondary N) is 2. The summed E-state index contributed by atoms with van der Waals surface area (Å²) in [6, 6.07) is 11.6. The average Bonchev–Trinajstić information content (AvgIpc) is 3.42. The van der Waals surface area contributed by atoms with Crippen LogP contribution in [0.5, 0.6) is 5.75 Å². The van der Waals surface area contributed by atoms with E-state index in [9.17, 15) is 4.79 Å². The SMILES string of the molecule is COc1ccc(C)cc1-c1csc(NC(=O)c2cc(-c3cccs3)[nH]n2)n1. The number of rotatable bonds is 5. The Morgan fingerprint density at radius 2 is 2.11 bits per heavy atom. The third-order valence-corrected chi connectivity index (χ3v) is 5.61. The van der Waals surface area contributed by atoms with E-state index >= 15 is 0 Å². The van der Waals surface area contributed by atoms with Crippen molar-refractivity contribution >= 4 is 33.7 Å². The summed E-state index contributed by atoms with van der Waals surface area (Å²) in [4.78, 5) is 18.0. The van der Waals surface area contributed by atoms with Crippen molar-refractivity contribution in [1.82, 2.24) is 15.2 Å². The Hall–Kier alpha value is -2.97. The monoisotopic (exact) mass is 396 g/mol. The standard InChI is InChI=1S/C19H16N4O2S2/c1-11-5-6-16(25-2)12(8-11)15-10-27-19(20-15)21-18(24)14-9-13(22-23-14)17-4-3-7-26-17/h3-10H,1-2H3,(H,22,23)(H,20,21,24). The highest BCUT2D eigenvalue weighted by Gasteiger charge is 2.15. The Bertz CT molecular complexity index is 1080. The highest BCUT2D eigenvalue weighted by molar-refractivity contribution is 7.14. The Morgan fingerprint density at radius 1 is 1.22 bits per heavy atom. The maximum absolute atomic E-state index is 12.5. The molecular weight excluding hydrogens is 380 g/mol. The summed E-state index contributed by atoms with van der Waals surface area (Å²) in [6.07, 6.45) is 0. The van der Waals surface area contributed by atoms with Gasteiger partial charge in [-0.15, -0.1) is 22.7 Å². The number of aromatic amines is 1. The second-order valence-corrected chi connectivity index (χ2v) is 7.65. The van der Waals surface area contributed by atoms with Crippen LogP contribution in [0.15, 0.2) is 47.2 Å². The van der Waals surface area contributed by atoms with Crippen molar-refractivity contribution in [2.75, 3.05) is 12.4 Å². The van der Waals surface area contributed by atoms with Crippen LogP contribution in [0.3, 0.4) is 0 Å². The minimum absolute atomic E-state index is 0.300. The van der Waals surface area contributed by atoms with Crippen LogP contribution in [-0.4, -0.2) is 28.2 Å². The molecule has 0 fully saturated rings. The molecule has 4 aromatic rings. The van der Waals surface area contributed by atoms with Crippen molar-refractivity contribution in [2.45, 2.75) is 6.92 Å². The first-order chi connectivity index (χ1) is 13.1. The van der Waals surface area contributed by atoms with Crippen molar-refractivity contribution in [3.8, 4) is 27.6 Å². The van der Waals surface area contributed by atoms with E-state index in [1.165, 1.54) is 11.3 Å². The maximum atomic E-state index is 12.5. The van der Waals surface area contributed by atoms with Gasteiger partial charge in [0.2, 0.25) is 0 Å². The van der Waals surface area contributed by atoms with Crippen LogP contribution in [-0.2, 0) is 0 Å². The molecule has 0 aliphatic rings. The number of carbonyl (C=O) groups excluding carboxylic acids is 1. The van der Waals surface area contributed by atoms with Gasteiger partial charge in [0.05, 0.1) is 23.4 Å². The van der Waals surface area contributed by atoms with Gasteiger partial charge >= 0.3 is 0 Å². The number of carbonyl (C=O) groups is 1. The summed E-state index contributed by atoms with van der Waals surface area (Å²) in [6.45, 7) is 2.01. The number of hydrogen-bond acceptors (Lipinski definition) is 6. The number of thiazole rings is 1. The molecule has 0 unspecified atom stereocenters. The lowest BCUT2D eigenvalue weighted by Crippen LogP contribution is -2.12. The molecule has 0 atom stereocenters. The zero-order valence-electron chi connectivity index (χ0n) is 14.6. The van der Waals surface area contributed by atoms with E-state index in [4.69, 9.17) is 4.74 Å². The predicted molar refractivity (Wildman–Crippen MR) is 109 cm³/mol. The van der Waals surface area contributed by atoms with Crippen molar-refractivity contribution in [2.24, 2.45) is 0 Å². The topological polar surface area (TPSA) is 79.9 Å². The van der Waals surface area contributed by atoms with E-state index in [0.717, 1.165) is 33.1 Å². The van der Waals surface area contributed by atoms with Crippen LogP contribution in [0.2, 0.25) is 0 Å². The molecule has 6 nitrogen and oxygen atoms in total. The predicted octanol–water partition coefficient (Wildman–Crippen LogP) is 4.83. The average molecular weight is 396 g/mol. The van der Waals surface area contributed by atoms with Gasteiger partial charge < -0.3 is 4.74 Å². The van der Waals surface area contributed by atoms with Crippen LogP contribution in [0.1, 0.15) is 16.1 Å². The van der Waals surface area contributed by atoms with Gasteiger partial charge in [-0.25, -0.2) is 4.98 Å². The number of nitrogens with zero attached hydrogens (tertiary/aromatic N) is 2. The molecule has 0 bridgehead atoms. The molecule has 1 aromatic carbocycles. The second kappa shape index (κ2) is 7.34. The van der Waals surface area contributed by atoms with Crippen molar-refractivity contribution in [3.05, 3.63) is 58.4 Å². The summed E-state index contributed by atoms with van der Waals surface area (Å²) < 4.78 is 5.42. The van der Waals surface area contributed by atoms with E-state index in [1.807, 2.05) is 48.0 Å². The molecule has 3 aromatic heterocycles. The molecule has 0 saturated heterocycles. The van der Waals surface area contributed by atoms with Crippen LogP contribution >= 0.6 is 22.7 Å².